The summed E-state index contributed by atoms with van der Waals surface area (Å²) in [5, 5.41) is 0. The van der Waals surface area contributed by atoms with Crippen LogP contribution in [-0.2, 0) is 34.9 Å². The maximum Gasteiger partial charge on any atom is 0.514 e. The number of benzene rings is 1. The molecule has 0 fully saturated rings. The first-order chi connectivity index (χ1) is 18.9. The molecule has 0 amide bonds. The zero-order chi connectivity index (χ0) is 30.2. The molecule has 1 aromatic carbocycles. The molecule has 226 valence electrons. The van der Waals surface area contributed by atoms with Gasteiger partial charge in [-0.3, -0.25) is 4.79 Å². The molecule has 5 atom stereocenters. The van der Waals surface area contributed by atoms with Crippen molar-refractivity contribution in [2.24, 2.45) is 5.73 Å². The molecule has 40 heavy (non-hydrogen) atoms. The fourth-order valence-corrected chi connectivity index (χ4v) is 3.07. The minimum absolute atomic E-state index is 0.00263. The van der Waals surface area contributed by atoms with Crippen molar-refractivity contribution in [1.29, 1.82) is 0 Å². The summed E-state index contributed by atoms with van der Waals surface area (Å²) in [6.45, 7) is 12.2. The van der Waals surface area contributed by atoms with E-state index in [0.29, 0.717) is 24.8 Å². The molecule has 0 heterocycles. The lowest BCUT2D eigenvalue weighted by Gasteiger charge is -2.18. The lowest BCUT2D eigenvalue weighted by Crippen LogP contribution is -2.37. The first kappa shape index (κ1) is 34.5. The van der Waals surface area contributed by atoms with Crippen molar-refractivity contribution >= 4 is 24.4 Å². The molecule has 0 spiro atoms. The van der Waals surface area contributed by atoms with E-state index in [9.17, 15) is 19.2 Å². The minimum atomic E-state index is -1.10. The second kappa shape index (κ2) is 17.9. The molecule has 12 nitrogen and oxygen atoms in total. The molecule has 12 heteroatoms. The van der Waals surface area contributed by atoms with Crippen LogP contribution in [-0.4, -0.2) is 61.5 Å². The Morgan fingerprint density at radius 1 is 0.725 bits per heavy atom. The van der Waals surface area contributed by atoms with Crippen LogP contribution in [0.5, 0.6) is 11.5 Å². The van der Waals surface area contributed by atoms with E-state index in [1.807, 2.05) is 20.8 Å². The molecule has 0 radical (unpaired) electrons. The minimum Gasteiger partial charge on any atom is -0.458 e. The number of ether oxygens (including phenoxy) is 7. The Balaban J connectivity index is 2.85. The van der Waals surface area contributed by atoms with Crippen molar-refractivity contribution in [2.45, 2.75) is 111 Å². The Kier molecular flexibility index (Phi) is 15.5. The van der Waals surface area contributed by atoms with E-state index in [0.717, 1.165) is 6.42 Å². The summed E-state index contributed by atoms with van der Waals surface area (Å²) in [6.07, 6.45) is -1.92. The summed E-state index contributed by atoms with van der Waals surface area (Å²) < 4.78 is 36.1. The van der Waals surface area contributed by atoms with Gasteiger partial charge in [-0.05, 0) is 71.1 Å². The summed E-state index contributed by atoms with van der Waals surface area (Å²) in [7, 11) is 0. The maximum atomic E-state index is 12.5. The van der Waals surface area contributed by atoms with Crippen LogP contribution in [0.1, 0.15) is 79.7 Å². The molecule has 2 N–H and O–H groups in total. The average Bonchev–Trinajstić information content (AvgIpc) is 2.88. The Morgan fingerprint density at radius 3 is 1.82 bits per heavy atom. The van der Waals surface area contributed by atoms with Crippen molar-refractivity contribution in [2.75, 3.05) is 6.61 Å². The van der Waals surface area contributed by atoms with Crippen LogP contribution in [0.4, 0.5) is 14.4 Å². The third kappa shape index (κ3) is 13.5. The molecule has 0 aromatic heterocycles. The quantitative estimate of drug-likeness (QED) is 0.162. The van der Waals surface area contributed by atoms with Crippen LogP contribution in [0.3, 0.4) is 0 Å². The lowest BCUT2D eigenvalue weighted by atomic mass is 10.1. The molecule has 0 aliphatic rings. The third-order valence-corrected chi connectivity index (χ3v) is 5.64. The molecule has 0 bridgehead atoms. The van der Waals surface area contributed by atoms with E-state index >= 15 is 0 Å². The van der Waals surface area contributed by atoms with E-state index in [2.05, 4.69) is 0 Å². The maximum absolute atomic E-state index is 12.5. The zero-order valence-corrected chi connectivity index (χ0v) is 24.4. The van der Waals surface area contributed by atoms with E-state index < -0.39 is 42.7 Å². The standard InChI is InChI=1S/C28H43NO11/c1-8-11-19(6)38-26(31)34-16-20(7)35-25(30)22(29)14-21-12-13-23(39-27(32)36-17(4)9-2)24(15-21)40-28(33)37-18(5)10-3/h12-13,15,17-20,22H,8-11,14,16,29H2,1-7H3/t17?,18?,19?,20-,22-/m0/s1. The van der Waals surface area contributed by atoms with Gasteiger partial charge < -0.3 is 38.9 Å². The molecule has 0 saturated carbocycles. The van der Waals surface area contributed by atoms with Crippen molar-refractivity contribution in [3.05, 3.63) is 23.8 Å². The van der Waals surface area contributed by atoms with Crippen LogP contribution in [0.2, 0.25) is 0 Å². The molecular weight excluding hydrogens is 526 g/mol. The Morgan fingerprint density at radius 2 is 1.27 bits per heavy atom. The molecular formula is C28H43NO11. The summed E-state index contributed by atoms with van der Waals surface area (Å²) >= 11 is 0. The van der Waals surface area contributed by atoms with E-state index in [1.54, 1.807) is 33.8 Å². The smallest absolute Gasteiger partial charge is 0.458 e. The highest BCUT2D eigenvalue weighted by molar-refractivity contribution is 5.76. The molecule has 0 aliphatic carbocycles. The first-order valence-corrected chi connectivity index (χ1v) is 13.6. The van der Waals surface area contributed by atoms with Crippen LogP contribution in [0.15, 0.2) is 18.2 Å². The zero-order valence-electron chi connectivity index (χ0n) is 24.4. The average molecular weight is 570 g/mol. The highest BCUT2D eigenvalue weighted by Gasteiger charge is 2.23. The van der Waals surface area contributed by atoms with Crippen molar-refractivity contribution < 1.29 is 52.3 Å². The van der Waals surface area contributed by atoms with Crippen LogP contribution in [0.25, 0.3) is 0 Å². The van der Waals surface area contributed by atoms with Gasteiger partial charge in [-0.25, -0.2) is 14.4 Å². The van der Waals surface area contributed by atoms with Crippen molar-refractivity contribution in [3.8, 4) is 11.5 Å². The van der Waals surface area contributed by atoms with Gasteiger partial charge in [0.25, 0.3) is 0 Å². The van der Waals surface area contributed by atoms with Gasteiger partial charge in [0.1, 0.15) is 37.1 Å². The summed E-state index contributed by atoms with van der Waals surface area (Å²) in [4.78, 5) is 48.6. The van der Waals surface area contributed by atoms with Gasteiger partial charge >= 0.3 is 24.4 Å². The fraction of sp³-hybridized carbons (Fsp3) is 0.643. The second-order valence-electron chi connectivity index (χ2n) is 9.49. The second-order valence-corrected chi connectivity index (χ2v) is 9.49. The number of carbonyl (C=O) groups excluding carboxylic acids is 4. The molecule has 1 rings (SSSR count). The van der Waals surface area contributed by atoms with E-state index in [1.165, 1.54) is 12.1 Å². The van der Waals surface area contributed by atoms with Gasteiger partial charge in [-0.1, -0.05) is 33.3 Å². The van der Waals surface area contributed by atoms with Gasteiger partial charge in [0.2, 0.25) is 0 Å². The first-order valence-electron chi connectivity index (χ1n) is 13.6. The van der Waals surface area contributed by atoms with E-state index in [4.69, 9.17) is 38.9 Å². The van der Waals surface area contributed by atoms with Gasteiger partial charge in [0, 0.05) is 0 Å². The molecule has 3 unspecified atom stereocenters. The van der Waals surface area contributed by atoms with Gasteiger partial charge in [0.05, 0.1) is 0 Å². The monoisotopic (exact) mass is 569 g/mol. The Labute approximate surface area is 235 Å². The summed E-state index contributed by atoms with van der Waals surface area (Å²) in [5.74, 6) is -0.940. The lowest BCUT2D eigenvalue weighted by molar-refractivity contribution is -0.152. The van der Waals surface area contributed by atoms with E-state index in [-0.39, 0.29) is 36.7 Å². The number of hydrogen-bond donors (Lipinski definition) is 1. The topological polar surface area (TPSA) is 159 Å². The SMILES string of the molecule is CCCC(C)OC(=O)OC[C@H](C)OC(=O)[C@@H](N)Cc1ccc(OC(=O)OC(C)CC)c(OC(=O)OC(C)CC)c1. The number of carbonyl (C=O) groups is 4. The highest BCUT2D eigenvalue weighted by atomic mass is 16.8. The van der Waals surface area contributed by atoms with Gasteiger partial charge in [0.15, 0.2) is 11.5 Å². The molecule has 0 saturated heterocycles. The Bertz CT molecular complexity index is 968. The largest absolute Gasteiger partial charge is 0.514 e. The molecule has 0 aliphatic heterocycles. The van der Waals surface area contributed by atoms with Gasteiger partial charge in [-0.15, -0.1) is 0 Å². The van der Waals surface area contributed by atoms with Crippen molar-refractivity contribution in [1.82, 2.24) is 0 Å². The predicted octanol–water partition coefficient (Wildman–Crippen LogP) is 5.46. The third-order valence-electron chi connectivity index (χ3n) is 5.64. The van der Waals surface area contributed by atoms with Crippen LogP contribution >= 0.6 is 0 Å². The summed E-state index contributed by atoms with van der Waals surface area (Å²) in [5.41, 5.74) is 6.51. The fourth-order valence-electron chi connectivity index (χ4n) is 3.07. The van der Waals surface area contributed by atoms with Crippen LogP contribution < -0.4 is 15.2 Å². The normalized spacial score (nSPS) is 14.5. The predicted molar refractivity (Wildman–Crippen MR) is 144 cm³/mol. The number of hydrogen-bond acceptors (Lipinski definition) is 12. The number of nitrogens with two attached hydrogens (primary N) is 1. The highest BCUT2D eigenvalue weighted by Crippen LogP contribution is 2.30. The van der Waals surface area contributed by atoms with Crippen molar-refractivity contribution in [3.63, 3.8) is 0 Å². The number of rotatable bonds is 15. The Hall–Kier alpha value is -3.54. The van der Waals surface area contributed by atoms with Gasteiger partial charge in [-0.2, -0.15) is 0 Å². The number of esters is 1. The molecule has 1 aromatic rings. The summed E-state index contributed by atoms with van der Waals surface area (Å²) in [6, 6.07) is 3.24. The van der Waals surface area contributed by atoms with Crippen LogP contribution in [0, 0.1) is 0 Å².